The van der Waals surface area contributed by atoms with Crippen molar-refractivity contribution in [2.24, 2.45) is 0 Å². The first kappa shape index (κ1) is 20.1. The Morgan fingerprint density at radius 1 is 0.625 bits per heavy atom. The van der Waals surface area contributed by atoms with E-state index in [1.165, 1.54) is 16.7 Å². The van der Waals surface area contributed by atoms with Crippen LogP contribution in [0.3, 0.4) is 0 Å². The van der Waals surface area contributed by atoms with Crippen LogP contribution in [0.5, 0.6) is 11.5 Å². The summed E-state index contributed by atoms with van der Waals surface area (Å²) in [4.78, 5) is 0. The van der Waals surface area contributed by atoms with Crippen molar-refractivity contribution in [3.63, 3.8) is 0 Å². The molecule has 158 valence electrons. The molecule has 2 N–H and O–H groups in total. The molecule has 2 nitrogen and oxygen atoms in total. The predicted octanol–water partition coefficient (Wildman–Crippen LogP) is 7.78. The van der Waals surface area contributed by atoms with E-state index in [1.54, 1.807) is 12.1 Å². The summed E-state index contributed by atoms with van der Waals surface area (Å²) < 4.78 is 0. The minimum Gasteiger partial charge on any atom is -0.508 e. The van der Waals surface area contributed by atoms with Crippen LogP contribution in [0.25, 0.3) is 27.8 Å². The molecular weight excluding hydrogens is 392 g/mol. The fourth-order valence-electron chi connectivity index (χ4n) is 4.64. The maximum absolute atomic E-state index is 11.2. The van der Waals surface area contributed by atoms with Gasteiger partial charge in [-0.25, -0.2) is 0 Å². The zero-order chi connectivity index (χ0) is 21.9. The fraction of sp³-hybridized carbons (Fsp3) is 0.133. The minimum atomic E-state index is 0.312. The van der Waals surface area contributed by atoms with Crippen LogP contribution < -0.4 is 0 Å². The Balaban J connectivity index is 1.54. The third-order valence-electron chi connectivity index (χ3n) is 6.43. The molecule has 4 aromatic carbocycles. The maximum atomic E-state index is 11.2. The highest BCUT2D eigenvalue weighted by Gasteiger charge is 2.20. The van der Waals surface area contributed by atoms with Crippen LogP contribution in [0.2, 0.25) is 0 Å². The zero-order valence-electron chi connectivity index (χ0n) is 17.9. The fourth-order valence-corrected chi connectivity index (χ4v) is 4.64. The lowest BCUT2D eigenvalue weighted by Crippen LogP contribution is -2.04. The van der Waals surface area contributed by atoms with Crippen molar-refractivity contribution in [3.8, 4) is 33.8 Å². The second-order valence-electron chi connectivity index (χ2n) is 8.44. The molecule has 0 amide bonds. The summed E-state index contributed by atoms with van der Waals surface area (Å²) in [6.45, 7) is 0. The van der Waals surface area contributed by atoms with E-state index in [1.807, 2.05) is 72.8 Å². The molecule has 0 bridgehead atoms. The molecule has 4 aromatic rings. The topological polar surface area (TPSA) is 40.5 Å². The van der Waals surface area contributed by atoms with E-state index in [2.05, 4.69) is 18.2 Å². The summed E-state index contributed by atoms with van der Waals surface area (Å²) in [6.07, 6.45) is 5.37. The summed E-state index contributed by atoms with van der Waals surface area (Å²) in [5.74, 6) is 1.11. The van der Waals surface area contributed by atoms with Crippen LogP contribution >= 0.6 is 0 Å². The number of benzene rings is 4. The van der Waals surface area contributed by atoms with Gasteiger partial charge in [0.1, 0.15) is 11.5 Å². The maximum Gasteiger partial charge on any atom is 0.131 e. The standard InChI is InChI=1S/C30H26O2/c31-27-17-15-22(16-18-27)21-11-13-23(14-12-21)26-19-28(24-7-3-1-4-8-24)30(32)29(20-26)25-9-5-2-6-10-25/h1-10,13,15-21,31-32H,11-12,14H2. The van der Waals surface area contributed by atoms with E-state index in [4.69, 9.17) is 0 Å². The van der Waals surface area contributed by atoms with Gasteiger partial charge in [0.2, 0.25) is 0 Å². The third kappa shape index (κ3) is 4.04. The van der Waals surface area contributed by atoms with Crippen LogP contribution in [0.15, 0.2) is 103 Å². The van der Waals surface area contributed by atoms with Crippen LogP contribution in [-0.4, -0.2) is 10.2 Å². The van der Waals surface area contributed by atoms with Gasteiger partial charge < -0.3 is 10.2 Å². The summed E-state index contributed by atoms with van der Waals surface area (Å²) >= 11 is 0. The molecule has 1 atom stereocenters. The minimum absolute atomic E-state index is 0.312. The number of rotatable bonds is 4. The van der Waals surface area contributed by atoms with E-state index in [0.717, 1.165) is 41.5 Å². The van der Waals surface area contributed by atoms with Crippen molar-refractivity contribution in [2.45, 2.75) is 25.2 Å². The van der Waals surface area contributed by atoms with E-state index < -0.39 is 0 Å². The van der Waals surface area contributed by atoms with Gasteiger partial charge in [0.05, 0.1) is 0 Å². The Hall–Kier alpha value is -3.78. The number of hydrogen-bond acceptors (Lipinski definition) is 2. The van der Waals surface area contributed by atoms with Gasteiger partial charge in [0, 0.05) is 11.1 Å². The molecule has 1 aliphatic rings. The molecule has 0 aromatic heterocycles. The largest absolute Gasteiger partial charge is 0.508 e. The van der Waals surface area contributed by atoms with Crippen molar-refractivity contribution in [1.82, 2.24) is 0 Å². The molecule has 0 heterocycles. The first-order valence-electron chi connectivity index (χ1n) is 11.2. The third-order valence-corrected chi connectivity index (χ3v) is 6.43. The molecule has 5 rings (SSSR count). The van der Waals surface area contributed by atoms with Crippen molar-refractivity contribution in [3.05, 3.63) is 114 Å². The number of phenolic OH excluding ortho intramolecular Hbond substituents is 2. The van der Waals surface area contributed by atoms with Gasteiger partial charge in [-0.2, -0.15) is 0 Å². The van der Waals surface area contributed by atoms with Crippen molar-refractivity contribution >= 4 is 5.57 Å². The van der Waals surface area contributed by atoms with Crippen molar-refractivity contribution in [2.75, 3.05) is 0 Å². The first-order valence-corrected chi connectivity index (χ1v) is 11.2. The Morgan fingerprint density at radius 2 is 1.19 bits per heavy atom. The first-order chi connectivity index (χ1) is 15.7. The molecule has 0 saturated carbocycles. The zero-order valence-corrected chi connectivity index (χ0v) is 17.9. The number of aromatic hydroxyl groups is 2. The molecule has 1 unspecified atom stereocenters. The SMILES string of the molecule is Oc1ccc(C2CC=C(c3cc(-c4ccccc4)c(O)c(-c4ccccc4)c3)CC2)cc1. The second kappa shape index (κ2) is 8.76. The van der Waals surface area contributed by atoms with Crippen molar-refractivity contribution < 1.29 is 10.2 Å². The van der Waals surface area contributed by atoms with Gasteiger partial charge >= 0.3 is 0 Å². The molecule has 1 aliphatic carbocycles. The smallest absolute Gasteiger partial charge is 0.131 e. The van der Waals surface area contributed by atoms with Crippen LogP contribution in [-0.2, 0) is 0 Å². The Kier molecular flexibility index (Phi) is 5.51. The molecule has 2 heteroatoms. The summed E-state index contributed by atoms with van der Waals surface area (Å²) in [5, 5.41) is 20.8. The Bertz CT molecular complexity index is 1180. The lowest BCUT2D eigenvalue weighted by molar-refractivity contribution is 0.474. The highest BCUT2D eigenvalue weighted by molar-refractivity contribution is 5.86. The molecule has 0 radical (unpaired) electrons. The summed E-state index contributed by atoms with van der Waals surface area (Å²) in [5.41, 5.74) is 7.54. The van der Waals surface area contributed by atoms with E-state index >= 15 is 0 Å². The second-order valence-corrected chi connectivity index (χ2v) is 8.44. The van der Waals surface area contributed by atoms with Gasteiger partial charge in [-0.1, -0.05) is 78.9 Å². The summed E-state index contributed by atoms with van der Waals surface area (Å²) in [7, 11) is 0. The van der Waals surface area contributed by atoms with Gasteiger partial charge in [-0.3, -0.25) is 0 Å². The number of hydrogen-bond donors (Lipinski definition) is 2. The molecule has 0 aliphatic heterocycles. The van der Waals surface area contributed by atoms with Crippen LogP contribution in [0.4, 0.5) is 0 Å². The molecule has 0 spiro atoms. The van der Waals surface area contributed by atoms with E-state index in [9.17, 15) is 10.2 Å². The van der Waals surface area contributed by atoms with Gasteiger partial charge in [0.25, 0.3) is 0 Å². The Labute approximate surface area is 189 Å². The summed E-state index contributed by atoms with van der Waals surface area (Å²) in [6, 6.07) is 32.1. The van der Waals surface area contributed by atoms with Crippen LogP contribution in [0, 0.1) is 0 Å². The monoisotopic (exact) mass is 418 g/mol. The van der Waals surface area contributed by atoms with Crippen LogP contribution in [0.1, 0.15) is 36.3 Å². The molecule has 0 fully saturated rings. The Morgan fingerprint density at radius 3 is 1.69 bits per heavy atom. The highest BCUT2D eigenvalue weighted by atomic mass is 16.3. The normalized spacial score (nSPS) is 15.9. The average molecular weight is 419 g/mol. The van der Waals surface area contributed by atoms with Gasteiger partial charge in [-0.05, 0) is 77.3 Å². The highest BCUT2D eigenvalue weighted by Crippen LogP contribution is 2.43. The lowest BCUT2D eigenvalue weighted by Gasteiger charge is -2.24. The molecule has 32 heavy (non-hydrogen) atoms. The van der Waals surface area contributed by atoms with Gasteiger partial charge in [0.15, 0.2) is 0 Å². The van der Waals surface area contributed by atoms with Crippen molar-refractivity contribution in [1.29, 1.82) is 0 Å². The molecule has 0 saturated heterocycles. The van der Waals surface area contributed by atoms with E-state index in [0.29, 0.717) is 17.4 Å². The predicted molar refractivity (Wildman–Crippen MR) is 132 cm³/mol. The quantitative estimate of drug-likeness (QED) is 0.355. The number of allylic oxidation sites excluding steroid dienone is 2. The lowest BCUT2D eigenvalue weighted by atomic mass is 9.81. The van der Waals surface area contributed by atoms with Gasteiger partial charge in [-0.15, -0.1) is 0 Å². The average Bonchev–Trinajstić information content (AvgIpc) is 2.86. The molecular formula is C30H26O2. The van der Waals surface area contributed by atoms with E-state index in [-0.39, 0.29) is 0 Å². The number of phenols is 2.